The number of hydrogen-bond donors (Lipinski definition) is 1. The summed E-state index contributed by atoms with van der Waals surface area (Å²) in [5, 5.41) is 0. The van der Waals surface area contributed by atoms with Crippen molar-refractivity contribution in [1.82, 2.24) is 4.90 Å². The first-order valence-electron chi connectivity index (χ1n) is 6.43. The fourth-order valence-corrected chi connectivity index (χ4v) is 2.57. The maximum Gasteiger partial charge on any atom is 0.0396 e. The Morgan fingerprint density at radius 1 is 1.29 bits per heavy atom. The molecule has 2 rings (SSSR count). The minimum atomic E-state index is 0.470. The average molecular weight is 233 g/mol. The second-order valence-electron chi connectivity index (χ2n) is 4.96. The van der Waals surface area contributed by atoms with Gasteiger partial charge >= 0.3 is 0 Å². The third-order valence-electron chi connectivity index (χ3n) is 3.72. The lowest BCUT2D eigenvalue weighted by Crippen LogP contribution is -2.44. The summed E-state index contributed by atoms with van der Waals surface area (Å²) in [5.41, 5.74) is 8.59. The standard InChI is InChI=1S/C14H23N3/c1-12-6-3-4-7-14(12)17-9-5-8-16(2)13(10-15)11-17/h3-4,6-7,13H,5,8-11,15H2,1-2H3. The van der Waals surface area contributed by atoms with Crippen LogP contribution >= 0.6 is 0 Å². The van der Waals surface area contributed by atoms with E-state index in [1.807, 2.05) is 0 Å². The fourth-order valence-electron chi connectivity index (χ4n) is 2.57. The van der Waals surface area contributed by atoms with Gasteiger partial charge in [0.2, 0.25) is 0 Å². The van der Waals surface area contributed by atoms with E-state index in [2.05, 4.69) is 48.0 Å². The first kappa shape index (κ1) is 12.4. The summed E-state index contributed by atoms with van der Waals surface area (Å²) in [6, 6.07) is 9.09. The highest BCUT2D eigenvalue weighted by molar-refractivity contribution is 5.53. The molecule has 1 aromatic carbocycles. The Morgan fingerprint density at radius 2 is 2.06 bits per heavy atom. The van der Waals surface area contributed by atoms with Crippen molar-refractivity contribution < 1.29 is 0 Å². The highest BCUT2D eigenvalue weighted by Gasteiger charge is 2.21. The van der Waals surface area contributed by atoms with Crippen LogP contribution in [0.1, 0.15) is 12.0 Å². The first-order valence-corrected chi connectivity index (χ1v) is 6.43. The second-order valence-corrected chi connectivity index (χ2v) is 4.96. The summed E-state index contributed by atoms with van der Waals surface area (Å²) in [7, 11) is 2.18. The van der Waals surface area contributed by atoms with Crippen LogP contribution in [0.4, 0.5) is 5.69 Å². The number of likely N-dealkylation sites (N-methyl/N-ethyl adjacent to an activating group) is 1. The van der Waals surface area contributed by atoms with Crippen molar-refractivity contribution in [2.45, 2.75) is 19.4 Å². The Balaban J connectivity index is 2.18. The van der Waals surface area contributed by atoms with Crippen molar-refractivity contribution in [2.24, 2.45) is 5.73 Å². The largest absolute Gasteiger partial charge is 0.370 e. The van der Waals surface area contributed by atoms with Gasteiger partial charge in [0.05, 0.1) is 0 Å². The quantitative estimate of drug-likeness (QED) is 0.839. The van der Waals surface area contributed by atoms with Gasteiger partial charge in [0, 0.05) is 31.4 Å². The van der Waals surface area contributed by atoms with Gasteiger partial charge in [0.25, 0.3) is 0 Å². The Morgan fingerprint density at radius 3 is 2.76 bits per heavy atom. The van der Waals surface area contributed by atoms with Crippen LogP contribution in [0.15, 0.2) is 24.3 Å². The van der Waals surface area contributed by atoms with Crippen LogP contribution in [-0.4, -0.2) is 44.2 Å². The van der Waals surface area contributed by atoms with Crippen molar-refractivity contribution in [2.75, 3.05) is 38.1 Å². The Hall–Kier alpha value is -1.06. The van der Waals surface area contributed by atoms with E-state index in [9.17, 15) is 0 Å². The summed E-state index contributed by atoms with van der Waals surface area (Å²) in [6.45, 7) is 6.23. The molecule has 0 bridgehead atoms. The van der Waals surface area contributed by atoms with Crippen LogP contribution < -0.4 is 10.6 Å². The van der Waals surface area contributed by atoms with Crippen molar-refractivity contribution in [3.05, 3.63) is 29.8 Å². The Bertz CT molecular complexity index is 364. The third kappa shape index (κ3) is 2.79. The minimum absolute atomic E-state index is 0.470. The van der Waals surface area contributed by atoms with E-state index < -0.39 is 0 Å². The number of nitrogens with zero attached hydrogens (tertiary/aromatic N) is 2. The van der Waals surface area contributed by atoms with Gasteiger partial charge in [-0.25, -0.2) is 0 Å². The number of anilines is 1. The van der Waals surface area contributed by atoms with Crippen LogP contribution in [0.3, 0.4) is 0 Å². The lowest BCUT2D eigenvalue weighted by molar-refractivity contribution is 0.266. The topological polar surface area (TPSA) is 32.5 Å². The summed E-state index contributed by atoms with van der Waals surface area (Å²) in [5.74, 6) is 0. The molecule has 3 nitrogen and oxygen atoms in total. The van der Waals surface area contributed by atoms with Crippen molar-refractivity contribution in [3.63, 3.8) is 0 Å². The van der Waals surface area contributed by atoms with Gasteiger partial charge in [-0.05, 0) is 38.6 Å². The van der Waals surface area contributed by atoms with E-state index in [0.717, 1.165) is 26.2 Å². The molecule has 0 amide bonds. The molecule has 1 aromatic rings. The molecule has 17 heavy (non-hydrogen) atoms. The van der Waals surface area contributed by atoms with Gasteiger partial charge in [-0.1, -0.05) is 18.2 Å². The number of benzene rings is 1. The lowest BCUT2D eigenvalue weighted by atomic mass is 10.1. The molecule has 0 spiro atoms. The molecule has 0 radical (unpaired) electrons. The zero-order chi connectivity index (χ0) is 12.3. The molecule has 1 unspecified atom stereocenters. The van der Waals surface area contributed by atoms with Gasteiger partial charge in [-0.3, -0.25) is 0 Å². The number of para-hydroxylation sites is 1. The molecular weight excluding hydrogens is 210 g/mol. The number of aryl methyl sites for hydroxylation is 1. The van der Waals surface area contributed by atoms with Crippen LogP contribution in [0.25, 0.3) is 0 Å². The molecule has 1 aliphatic rings. The van der Waals surface area contributed by atoms with E-state index >= 15 is 0 Å². The molecule has 94 valence electrons. The molecule has 1 heterocycles. The summed E-state index contributed by atoms with van der Waals surface area (Å²) in [4.78, 5) is 4.87. The molecule has 0 aliphatic carbocycles. The Kier molecular flexibility index (Phi) is 4.02. The normalized spacial score (nSPS) is 22.5. The van der Waals surface area contributed by atoms with Crippen molar-refractivity contribution in [3.8, 4) is 0 Å². The predicted octanol–water partition coefficient (Wildman–Crippen LogP) is 1.46. The van der Waals surface area contributed by atoms with Gasteiger partial charge in [0.1, 0.15) is 0 Å². The zero-order valence-electron chi connectivity index (χ0n) is 10.9. The van der Waals surface area contributed by atoms with Crippen molar-refractivity contribution in [1.29, 1.82) is 0 Å². The van der Waals surface area contributed by atoms with Crippen LogP contribution in [0.5, 0.6) is 0 Å². The van der Waals surface area contributed by atoms with Gasteiger partial charge in [0.15, 0.2) is 0 Å². The second kappa shape index (κ2) is 5.52. The smallest absolute Gasteiger partial charge is 0.0396 e. The molecule has 1 aliphatic heterocycles. The SMILES string of the molecule is Cc1ccccc1N1CCCN(C)C(CN)C1. The van der Waals surface area contributed by atoms with E-state index in [-0.39, 0.29) is 0 Å². The van der Waals surface area contributed by atoms with E-state index in [4.69, 9.17) is 5.73 Å². The summed E-state index contributed by atoms with van der Waals surface area (Å²) >= 11 is 0. The van der Waals surface area contributed by atoms with E-state index in [1.54, 1.807) is 0 Å². The first-order chi connectivity index (χ1) is 8.22. The maximum atomic E-state index is 5.87. The minimum Gasteiger partial charge on any atom is -0.370 e. The number of rotatable bonds is 2. The monoisotopic (exact) mass is 233 g/mol. The molecule has 1 fully saturated rings. The number of nitrogens with two attached hydrogens (primary N) is 1. The van der Waals surface area contributed by atoms with Gasteiger partial charge in [-0.15, -0.1) is 0 Å². The van der Waals surface area contributed by atoms with Crippen LogP contribution in [0, 0.1) is 6.92 Å². The molecule has 1 atom stereocenters. The predicted molar refractivity (Wildman–Crippen MR) is 73.5 cm³/mol. The highest BCUT2D eigenvalue weighted by Crippen LogP contribution is 2.22. The number of hydrogen-bond acceptors (Lipinski definition) is 3. The molecule has 1 saturated heterocycles. The van der Waals surface area contributed by atoms with Gasteiger partial charge in [-0.2, -0.15) is 0 Å². The lowest BCUT2D eigenvalue weighted by Gasteiger charge is -2.30. The fraction of sp³-hybridized carbons (Fsp3) is 0.571. The molecule has 3 heteroatoms. The average Bonchev–Trinajstić information content (AvgIpc) is 2.51. The highest BCUT2D eigenvalue weighted by atomic mass is 15.2. The van der Waals surface area contributed by atoms with Gasteiger partial charge < -0.3 is 15.5 Å². The molecule has 2 N–H and O–H groups in total. The zero-order valence-corrected chi connectivity index (χ0v) is 10.9. The molecule has 0 saturated carbocycles. The van der Waals surface area contributed by atoms with E-state index in [0.29, 0.717) is 6.04 Å². The summed E-state index contributed by atoms with van der Waals surface area (Å²) < 4.78 is 0. The third-order valence-corrected chi connectivity index (χ3v) is 3.72. The maximum absolute atomic E-state index is 5.87. The van der Waals surface area contributed by atoms with Crippen LogP contribution in [0.2, 0.25) is 0 Å². The summed E-state index contributed by atoms with van der Waals surface area (Å²) in [6.07, 6.45) is 1.21. The molecule has 0 aromatic heterocycles. The Labute approximate surface area is 104 Å². The molecular formula is C14H23N3. The van der Waals surface area contributed by atoms with E-state index in [1.165, 1.54) is 17.7 Å². The van der Waals surface area contributed by atoms with Crippen molar-refractivity contribution >= 4 is 5.69 Å². The van der Waals surface area contributed by atoms with Crippen LogP contribution in [-0.2, 0) is 0 Å².